The Morgan fingerprint density at radius 1 is 0.432 bits per heavy atom. The summed E-state index contributed by atoms with van der Waals surface area (Å²) in [5, 5.41) is 6.67. The topological polar surface area (TPSA) is 9.86 Å². The molecule has 0 saturated heterocycles. The molecule has 2 aromatic heterocycles. The summed E-state index contributed by atoms with van der Waals surface area (Å²) in [6.07, 6.45) is 0. The van der Waals surface area contributed by atoms with Crippen molar-refractivity contribution in [3.8, 4) is 11.4 Å². The zero-order valence-electron chi connectivity index (χ0n) is 27.7. The molecule has 0 bridgehead atoms. The van der Waals surface area contributed by atoms with E-state index in [9.17, 15) is 0 Å². The molecule has 2 heterocycles. The highest BCUT2D eigenvalue weighted by molar-refractivity contribution is 6.88. The van der Waals surface area contributed by atoms with E-state index in [2.05, 4.69) is 173 Å². The van der Waals surface area contributed by atoms with Crippen LogP contribution in [0.3, 0.4) is 0 Å². The summed E-state index contributed by atoms with van der Waals surface area (Å²) in [6.45, 7) is 21.2. The van der Waals surface area contributed by atoms with Gasteiger partial charge in [-0.3, -0.25) is 0 Å². The molecule has 5 aromatic carbocycles. The van der Waals surface area contributed by atoms with Gasteiger partial charge in [-0.1, -0.05) is 127 Å². The zero-order chi connectivity index (χ0) is 31.2. The fourth-order valence-electron chi connectivity index (χ4n) is 6.72. The Labute approximate surface area is 263 Å². The molecule has 7 aromatic rings. The van der Waals surface area contributed by atoms with E-state index in [1.165, 1.54) is 71.3 Å². The average Bonchev–Trinajstić information content (AvgIpc) is 3.48. The van der Waals surface area contributed by atoms with Gasteiger partial charge < -0.3 is 9.13 Å². The lowest BCUT2D eigenvalue weighted by Crippen LogP contribution is -2.38. The number of aromatic nitrogens is 2. The molecular weight excluding hydrogens is 549 g/mol. The lowest BCUT2D eigenvalue weighted by Gasteiger charge is -2.23. The highest BCUT2D eigenvalue weighted by Crippen LogP contribution is 2.38. The maximum atomic E-state index is 2.52. The summed E-state index contributed by atoms with van der Waals surface area (Å²) in [5.74, 6) is 0. The molecule has 0 fully saturated rings. The number of hydrogen-bond acceptors (Lipinski definition) is 0. The molecule has 7 rings (SSSR count). The van der Waals surface area contributed by atoms with Gasteiger partial charge in [-0.25, -0.2) is 0 Å². The minimum Gasteiger partial charge on any atom is -0.309 e. The second-order valence-corrected chi connectivity index (χ2v) is 20.7. The Morgan fingerprint density at radius 2 is 0.818 bits per heavy atom. The minimum absolute atomic E-state index is 0.0640. The van der Waals surface area contributed by atoms with Crippen LogP contribution >= 0.6 is 0 Å². The quantitative estimate of drug-likeness (QED) is 0.181. The van der Waals surface area contributed by atoms with Gasteiger partial charge >= 0.3 is 0 Å². The molecular formula is C41H44N2Si. The Balaban J connectivity index is 1.61. The SMILES string of the molecule is CC(C)(C)c1ccc2c3ccccc3n(-c3cc(-n4c5ccccc5c5ccc(C(C)(C)C)cc54)cc([Si](C)(C)C)c3)c2c1. The Hall–Kier alpha value is -4.08. The number of hydrogen-bond donors (Lipinski definition) is 0. The van der Waals surface area contributed by atoms with E-state index in [0.717, 1.165) is 0 Å². The number of benzene rings is 5. The number of nitrogens with zero attached hydrogens (tertiary/aromatic N) is 2. The maximum absolute atomic E-state index is 2.52. The van der Waals surface area contributed by atoms with Crippen molar-refractivity contribution in [3.63, 3.8) is 0 Å². The Morgan fingerprint density at radius 3 is 1.20 bits per heavy atom. The monoisotopic (exact) mass is 592 g/mol. The third-order valence-corrected chi connectivity index (χ3v) is 11.4. The smallest absolute Gasteiger partial charge is 0.0777 e. The Bertz CT molecular complexity index is 2070. The average molecular weight is 593 g/mol. The van der Waals surface area contributed by atoms with Crippen LogP contribution in [0.4, 0.5) is 0 Å². The summed E-state index contributed by atoms with van der Waals surface area (Å²) in [7, 11) is -1.70. The summed E-state index contributed by atoms with van der Waals surface area (Å²) in [5.41, 5.74) is 10.4. The summed E-state index contributed by atoms with van der Waals surface area (Å²) in [6, 6.07) is 39.3. The van der Waals surface area contributed by atoms with Crippen molar-refractivity contribution in [2.24, 2.45) is 0 Å². The predicted molar refractivity (Wildman–Crippen MR) is 195 cm³/mol. The van der Waals surface area contributed by atoms with Crippen LogP contribution in [0.2, 0.25) is 19.6 Å². The summed E-state index contributed by atoms with van der Waals surface area (Å²) in [4.78, 5) is 0. The van der Waals surface area contributed by atoms with E-state index < -0.39 is 8.07 Å². The second-order valence-electron chi connectivity index (χ2n) is 15.7. The molecule has 0 N–H and O–H groups in total. The van der Waals surface area contributed by atoms with E-state index in [4.69, 9.17) is 0 Å². The van der Waals surface area contributed by atoms with Gasteiger partial charge in [0.2, 0.25) is 0 Å². The standard InChI is InChI=1S/C41H44N2Si/c1-40(2,3)27-18-20-34-32-14-10-12-16-36(32)42(38(34)22-27)29-24-30(26-31(25-29)44(7,8)9)43-37-17-13-11-15-33(37)35-21-19-28(23-39(35)43)41(4,5)6/h10-26H,1-9H3. The van der Waals surface area contributed by atoms with Crippen molar-refractivity contribution in [1.82, 2.24) is 9.13 Å². The van der Waals surface area contributed by atoms with Crippen molar-refractivity contribution < 1.29 is 0 Å². The lowest BCUT2D eigenvalue weighted by atomic mass is 9.86. The highest BCUT2D eigenvalue weighted by Gasteiger charge is 2.24. The molecule has 0 radical (unpaired) electrons. The van der Waals surface area contributed by atoms with Gasteiger partial charge in [-0.2, -0.15) is 0 Å². The van der Waals surface area contributed by atoms with Crippen molar-refractivity contribution in [2.75, 3.05) is 0 Å². The zero-order valence-corrected chi connectivity index (χ0v) is 28.7. The van der Waals surface area contributed by atoms with Gasteiger partial charge in [0, 0.05) is 32.9 Å². The first-order valence-electron chi connectivity index (χ1n) is 16.0. The minimum atomic E-state index is -1.70. The van der Waals surface area contributed by atoms with Crippen LogP contribution in [0.5, 0.6) is 0 Å². The fourth-order valence-corrected chi connectivity index (χ4v) is 7.88. The largest absolute Gasteiger partial charge is 0.309 e. The summed E-state index contributed by atoms with van der Waals surface area (Å²) >= 11 is 0. The van der Waals surface area contributed by atoms with Crippen LogP contribution in [0.15, 0.2) is 103 Å². The van der Waals surface area contributed by atoms with Crippen LogP contribution < -0.4 is 5.19 Å². The van der Waals surface area contributed by atoms with Crippen LogP contribution in [-0.4, -0.2) is 17.2 Å². The summed E-state index contributed by atoms with van der Waals surface area (Å²) < 4.78 is 5.03. The van der Waals surface area contributed by atoms with Gasteiger partial charge in [-0.05, 0) is 64.4 Å². The number of fused-ring (bicyclic) bond motifs is 6. The maximum Gasteiger partial charge on any atom is 0.0777 e. The van der Waals surface area contributed by atoms with Crippen LogP contribution in [0.1, 0.15) is 52.7 Å². The van der Waals surface area contributed by atoms with Gasteiger partial charge in [0.15, 0.2) is 0 Å². The molecule has 3 heteroatoms. The fraction of sp³-hybridized carbons (Fsp3) is 0.268. The number of rotatable bonds is 3. The van der Waals surface area contributed by atoms with Crippen LogP contribution in [-0.2, 0) is 10.8 Å². The molecule has 0 amide bonds. The van der Waals surface area contributed by atoms with Crippen molar-refractivity contribution in [3.05, 3.63) is 114 Å². The molecule has 0 aliphatic heterocycles. The number of para-hydroxylation sites is 2. The molecule has 222 valence electrons. The van der Waals surface area contributed by atoms with E-state index in [0.29, 0.717) is 0 Å². The normalized spacial score (nSPS) is 13.1. The van der Waals surface area contributed by atoms with Crippen LogP contribution in [0.25, 0.3) is 55.0 Å². The van der Waals surface area contributed by atoms with Crippen molar-refractivity contribution in [2.45, 2.75) is 72.0 Å². The first-order chi connectivity index (χ1) is 20.7. The first kappa shape index (κ1) is 28.7. The van der Waals surface area contributed by atoms with Crippen molar-refractivity contribution in [1.29, 1.82) is 0 Å². The Kier molecular flexibility index (Phi) is 6.33. The third-order valence-electron chi connectivity index (χ3n) is 9.36. The second kappa shape index (κ2) is 9.71. The van der Waals surface area contributed by atoms with Crippen molar-refractivity contribution >= 4 is 56.9 Å². The molecule has 0 saturated carbocycles. The molecule has 0 aliphatic carbocycles. The lowest BCUT2D eigenvalue weighted by molar-refractivity contribution is 0.590. The highest BCUT2D eigenvalue weighted by atomic mass is 28.3. The van der Waals surface area contributed by atoms with Crippen LogP contribution in [0, 0.1) is 0 Å². The van der Waals surface area contributed by atoms with Gasteiger partial charge in [0.25, 0.3) is 0 Å². The predicted octanol–water partition coefficient (Wildman–Crippen LogP) is 11.0. The molecule has 2 nitrogen and oxygen atoms in total. The molecule has 0 aliphatic rings. The van der Waals surface area contributed by atoms with Gasteiger partial charge in [0.1, 0.15) is 0 Å². The molecule has 44 heavy (non-hydrogen) atoms. The molecule has 0 spiro atoms. The van der Waals surface area contributed by atoms with Gasteiger partial charge in [-0.15, -0.1) is 0 Å². The van der Waals surface area contributed by atoms with E-state index in [1.807, 2.05) is 0 Å². The first-order valence-corrected chi connectivity index (χ1v) is 19.5. The van der Waals surface area contributed by atoms with Gasteiger partial charge in [0.05, 0.1) is 30.1 Å². The molecule has 0 atom stereocenters. The van der Waals surface area contributed by atoms with E-state index in [1.54, 1.807) is 0 Å². The molecule has 0 unspecified atom stereocenters. The van der Waals surface area contributed by atoms with E-state index >= 15 is 0 Å². The van der Waals surface area contributed by atoms with E-state index in [-0.39, 0.29) is 10.8 Å². The third kappa shape index (κ3) is 4.61.